The summed E-state index contributed by atoms with van der Waals surface area (Å²) in [4.78, 5) is 0. The fourth-order valence-corrected chi connectivity index (χ4v) is 0. The Bertz CT molecular complexity index is 3.61. The molecule has 0 rings (SSSR count). The van der Waals surface area contributed by atoms with Crippen molar-refractivity contribution in [2.45, 2.75) is 0 Å². The molecule has 0 unspecified atom stereocenters. The molecule has 5 heteroatoms. The Hall–Kier alpha value is 4.56. The average molecular weight is 552 g/mol. The number of hydrogen-bond donors (Lipinski definition) is 0. The van der Waals surface area contributed by atoms with Crippen molar-refractivity contribution in [3.63, 3.8) is 0 Å². The molecule has 0 aromatic carbocycles. The summed E-state index contributed by atoms with van der Waals surface area (Å²) in [5, 5.41) is 0. The summed E-state index contributed by atoms with van der Waals surface area (Å²) in [6.07, 6.45) is 0. The van der Waals surface area contributed by atoms with Crippen molar-refractivity contribution in [3.05, 3.63) is 0 Å². The third-order valence-corrected chi connectivity index (χ3v) is 0. The van der Waals surface area contributed by atoms with Gasteiger partial charge in [-0.1, -0.05) is 0 Å². The van der Waals surface area contributed by atoms with Gasteiger partial charge < -0.3 is 0 Å². The molecule has 0 bridgehead atoms. The maximum absolute atomic E-state index is 0. The van der Waals surface area contributed by atoms with Gasteiger partial charge in [-0.3, -0.25) is 0 Å². The van der Waals surface area contributed by atoms with Gasteiger partial charge in [0, 0.05) is 0 Å². The van der Waals surface area contributed by atoms with Crippen LogP contribution < -0.4 is 0 Å². The zero-order chi connectivity index (χ0) is 0. The molecule has 0 N–H and O–H groups in total. The predicted molar refractivity (Wildman–Crippen MR) is 68.8 cm³/mol. The quantitative estimate of drug-likeness (QED) is 0.319. The molecule has 0 aliphatic rings. The van der Waals surface area contributed by atoms with Gasteiger partial charge in [-0.25, -0.2) is 0 Å². The van der Waals surface area contributed by atoms with Gasteiger partial charge in [0.1, 0.15) is 0 Å². The van der Waals surface area contributed by atoms with Crippen LogP contribution in [-0.4, -0.2) is 51.4 Å². The first-order chi connectivity index (χ1) is 0. The molecule has 0 amide bonds. The Balaban J connectivity index is 0. The predicted octanol–water partition coefficient (Wildman–Crippen LogP) is 1.82. The molecule has 0 heterocycles. The van der Waals surface area contributed by atoms with Crippen LogP contribution in [0.1, 0.15) is 0 Å². The molecule has 5 heavy (non-hydrogen) atoms. The minimum absolute atomic E-state index is 0. The Labute approximate surface area is 143 Å². The van der Waals surface area contributed by atoms with Crippen LogP contribution >= 0.6 is 95.9 Å². The van der Waals surface area contributed by atoms with Crippen molar-refractivity contribution in [3.8, 4) is 0 Å². The molecule has 0 spiro atoms. The van der Waals surface area contributed by atoms with Gasteiger partial charge in [-0.05, 0) is 0 Å². The van der Waals surface area contributed by atoms with Crippen LogP contribution in [0.2, 0.25) is 0 Å². The van der Waals surface area contributed by atoms with Crippen LogP contribution in [0.5, 0.6) is 0 Å². The zero-order valence-corrected chi connectivity index (χ0v) is 11.0. The van der Waals surface area contributed by atoms with Crippen molar-refractivity contribution in [1.29, 1.82) is 0 Å². The van der Waals surface area contributed by atoms with E-state index in [9.17, 15) is 0 Å². The number of rotatable bonds is 0. The first kappa shape index (κ1) is 33.7. The monoisotopic (exact) mass is 552 g/mol. The standard InChI is InChI=1S/4HI.K.H/h4*1H;;. The third-order valence-electron chi connectivity index (χ3n) is 0. The van der Waals surface area contributed by atoms with Crippen molar-refractivity contribution in [1.82, 2.24) is 0 Å². The van der Waals surface area contributed by atoms with Gasteiger partial charge in [0.2, 0.25) is 0 Å². The number of halogens is 4. The second-order valence-electron chi connectivity index (χ2n) is 0. The molecule has 0 nitrogen and oxygen atoms in total. The average Bonchev–Trinajstić information content (AvgIpc) is 0. The van der Waals surface area contributed by atoms with Crippen LogP contribution in [0.4, 0.5) is 0 Å². The van der Waals surface area contributed by atoms with Crippen molar-refractivity contribution in [2.75, 3.05) is 0 Å². The van der Waals surface area contributed by atoms with E-state index < -0.39 is 0 Å². The van der Waals surface area contributed by atoms with Crippen molar-refractivity contribution >= 4 is 147 Å². The SMILES string of the molecule is I.I.I.I.[KH]. The van der Waals surface area contributed by atoms with Crippen LogP contribution in [-0.2, 0) is 0 Å². The van der Waals surface area contributed by atoms with Crippen LogP contribution in [0.25, 0.3) is 0 Å². The van der Waals surface area contributed by atoms with Crippen LogP contribution in [0.15, 0.2) is 0 Å². The molecule has 0 aromatic heterocycles. The van der Waals surface area contributed by atoms with Gasteiger partial charge in [0.15, 0.2) is 0 Å². The Morgan fingerprint density at radius 3 is 0.400 bits per heavy atom. The van der Waals surface area contributed by atoms with Gasteiger partial charge in [0.05, 0.1) is 0 Å². The van der Waals surface area contributed by atoms with E-state index in [1.54, 1.807) is 0 Å². The molecule has 0 atom stereocenters. The second kappa shape index (κ2) is 23.5. The molecule has 0 aliphatic carbocycles. The first-order valence-corrected chi connectivity index (χ1v) is 0. The summed E-state index contributed by atoms with van der Waals surface area (Å²) < 4.78 is 0. The van der Waals surface area contributed by atoms with E-state index in [0.717, 1.165) is 0 Å². The molecule has 0 radical (unpaired) electrons. The van der Waals surface area contributed by atoms with E-state index in [0.29, 0.717) is 0 Å². The van der Waals surface area contributed by atoms with E-state index in [1.807, 2.05) is 0 Å². The zero-order valence-electron chi connectivity index (χ0n) is 1.63. The fourth-order valence-electron chi connectivity index (χ4n) is 0. The summed E-state index contributed by atoms with van der Waals surface area (Å²) in [7, 11) is 0. The third kappa shape index (κ3) is 17.7. The molecule has 0 aliphatic heterocycles. The van der Waals surface area contributed by atoms with E-state index in [4.69, 9.17) is 0 Å². The Morgan fingerprint density at radius 2 is 0.400 bits per heavy atom. The van der Waals surface area contributed by atoms with Gasteiger partial charge >= 0.3 is 51.4 Å². The van der Waals surface area contributed by atoms with Gasteiger partial charge in [-0.15, -0.1) is 95.9 Å². The Morgan fingerprint density at radius 1 is 0.400 bits per heavy atom. The minimum atomic E-state index is 0. The normalized spacial score (nSPS) is 0. The second-order valence-corrected chi connectivity index (χ2v) is 0. The van der Waals surface area contributed by atoms with Crippen LogP contribution in [0.3, 0.4) is 0 Å². The van der Waals surface area contributed by atoms with Crippen molar-refractivity contribution in [2.24, 2.45) is 0 Å². The fraction of sp³-hybridized carbons (Fsp3) is 0. The van der Waals surface area contributed by atoms with Gasteiger partial charge in [0.25, 0.3) is 0 Å². The molecular weight excluding hydrogens is 547 g/mol. The molecular formula is H5I4K. The molecule has 34 valence electrons. The maximum atomic E-state index is 0. The molecule has 0 saturated carbocycles. The van der Waals surface area contributed by atoms with E-state index >= 15 is 0 Å². The Kier molecular flexibility index (Phi) is 159. The first-order valence-electron chi connectivity index (χ1n) is 0. The van der Waals surface area contributed by atoms with Gasteiger partial charge in [-0.2, -0.15) is 0 Å². The molecule has 0 aromatic rings. The molecule has 0 fully saturated rings. The topological polar surface area (TPSA) is 0 Å². The molecule has 0 saturated heterocycles. The summed E-state index contributed by atoms with van der Waals surface area (Å²) in [6.45, 7) is 0. The number of hydrogen-bond acceptors (Lipinski definition) is 0. The summed E-state index contributed by atoms with van der Waals surface area (Å²) >= 11 is 0. The summed E-state index contributed by atoms with van der Waals surface area (Å²) in [6, 6.07) is 0. The van der Waals surface area contributed by atoms with Crippen LogP contribution in [0, 0.1) is 0 Å². The van der Waals surface area contributed by atoms with E-state index in [1.165, 1.54) is 0 Å². The van der Waals surface area contributed by atoms with E-state index in [-0.39, 0.29) is 147 Å². The van der Waals surface area contributed by atoms with E-state index in [2.05, 4.69) is 0 Å². The summed E-state index contributed by atoms with van der Waals surface area (Å²) in [5.74, 6) is 0. The summed E-state index contributed by atoms with van der Waals surface area (Å²) in [5.41, 5.74) is 0. The van der Waals surface area contributed by atoms with Crippen molar-refractivity contribution < 1.29 is 0 Å².